The van der Waals surface area contributed by atoms with Crippen molar-refractivity contribution in [1.29, 1.82) is 0 Å². The normalized spacial score (nSPS) is 17.9. The van der Waals surface area contributed by atoms with E-state index < -0.39 is 0 Å². The van der Waals surface area contributed by atoms with Gasteiger partial charge in [0.15, 0.2) is 0 Å². The fourth-order valence-electron chi connectivity index (χ4n) is 3.52. The summed E-state index contributed by atoms with van der Waals surface area (Å²) in [6.45, 7) is 19.8. The third kappa shape index (κ3) is 10.7. The Hall–Kier alpha value is -0.0400. The minimum Gasteiger partial charge on any atom is -0.384 e. The molecule has 0 aromatic heterocycles. The first-order chi connectivity index (χ1) is 8.94. The highest BCUT2D eigenvalue weighted by molar-refractivity contribution is 4.75. The second-order valence-electron chi connectivity index (χ2n) is 9.40. The molecule has 0 aliphatic carbocycles. The van der Waals surface area contributed by atoms with Crippen LogP contribution in [0.15, 0.2) is 0 Å². The van der Waals surface area contributed by atoms with E-state index in [9.17, 15) is 0 Å². The summed E-state index contributed by atoms with van der Waals surface area (Å²) < 4.78 is 5.47. The Morgan fingerprint density at radius 2 is 1.30 bits per heavy atom. The van der Waals surface area contributed by atoms with Crippen LogP contribution in [0.5, 0.6) is 0 Å². The molecule has 0 aliphatic rings. The first kappa shape index (κ1) is 20.0. The van der Waals surface area contributed by atoms with Crippen molar-refractivity contribution in [2.45, 2.75) is 81.1 Å². The monoisotopic (exact) mass is 284 g/mol. The molecule has 0 aliphatic heterocycles. The lowest BCUT2D eigenvalue weighted by molar-refractivity contribution is 0.0972. The third-order valence-electron chi connectivity index (χ3n) is 4.11. The van der Waals surface area contributed by atoms with Gasteiger partial charge >= 0.3 is 0 Å². The third-order valence-corrected chi connectivity index (χ3v) is 4.11. The minimum absolute atomic E-state index is 0.419. The van der Waals surface area contributed by atoms with Gasteiger partial charge in [0.2, 0.25) is 0 Å². The highest BCUT2D eigenvalue weighted by atomic mass is 16.5. The summed E-state index contributed by atoms with van der Waals surface area (Å²) in [6.07, 6.45) is 5.25. The Kier molecular flexibility index (Phi) is 8.40. The number of ether oxygens (including phenoxy) is 1. The molecule has 122 valence electrons. The van der Waals surface area contributed by atoms with Gasteiger partial charge in [-0.15, -0.1) is 0 Å². The average Bonchev–Trinajstić information content (AvgIpc) is 2.18. The summed E-state index contributed by atoms with van der Waals surface area (Å²) in [5, 5.41) is 0. The van der Waals surface area contributed by atoms with Crippen LogP contribution < -0.4 is 0 Å². The number of hydrogen-bond acceptors (Lipinski definition) is 1. The lowest BCUT2D eigenvalue weighted by Gasteiger charge is -2.31. The van der Waals surface area contributed by atoms with Crippen molar-refractivity contribution in [1.82, 2.24) is 0 Å². The van der Waals surface area contributed by atoms with E-state index in [1.165, 1.54) is 25.7 Å². The van der Waals surface area contributed by atoms with Gasteiger partial charge in [-0.25, -0.2) is 0 Å². The first-order valence-electron chi connectivity index (χ1n) is 8.43. The highest BCUT2D eigenvalue weighted by Crippen LogP contribution is 2.33. The van der Waals surface area contributed by atoms with Crippen molar-refractivity contribution in [2.75, 3.05) is 13.7 Å². The number of rotatable bonds is 8. The van der Waals surface area contributed by atoms with E-state index in [2.05, 4.69) is 55.4 Å². The van der Waals surface area contributed by atoms with E-state index in [1.807, 2.05) is 7.11 Å². The van der Waals surface area contributed by atoms with Crippen molar-refractivity contribution in [3.05, 3.63) is 0 Å². The zero-order valence-corrected chi connectivity index (χ0v) is 15.7. The zero-order chi connectivity index (χ0) is 16.0. The molecule has 0 N–H and O–H groups in total. The lowest BCUT2D eigenvalue weighted by Crippen LogP contribution is -2.23. The Labute approximate surface area is 128 Å². The molecule has 0 aromatic carbocycles. The van der Waals surface area contributed by atoms with E-state index in [1.54, 1.807) is 0 Å². The van der Waals surface area contributed by atoms with Crippen LogP contribution in [0, 0.1) is 28.6 Å². The second-order valence-corrected chi connectivity index (χ2v) is 9.40. The summed E-state index contributed by atoms with van der Waals surface area (Å²) in [7, 11) is 1.84. The second kappa shape index (κ2) is 8.41. The van der Waals surface area contributed by atoms with Gasteiger partial charge in [-0.05, 0) is 47.8 Å². The minimum atomic E-state index is 0.419. The fourth-order valence-corrected chi connectivity index (χ4v) is 3.52. The predicted octanol–water partition coefficient (Wildman–Crippen LogP) is 6.17. The summed E-state index contributed by atoms with van der Waals surface area (Å²) in [4.78, 5) is 0. The molecule has 0 saturated heterocycles. The molecule has 3 atom stereocenters. The van der Waals surface area contributed by atoms with Crippen LogP contribution in [0.25, 0.3) is 0 Å². The van der Waals surface area contributed by atoms with Crippen molar-refractivity contribution in [3.8, 4) is 0 Å². The number of methoxy groups -OCH3 is 1. The molecule has 0 amide bonds. The van der Waals surface area contributed by atoms with E-state index in [4.69, 9.17) is 4.74 Å². The maximum absolute atomic E-state index is 5.47. The van der Waals surface area contributed by atoms with E-state index >= 15 is 0 Å². The number of hydrogen-bond donors (Lipinski definition) is 0. The topological polar surface area (TPSA) is 9.23 Å². The molecule has 0 radical (unpaired) electrons. The van der Waals surface area contributed by atoms with E-state index in [-0.39, 0.29) is 0 Å². The van der Waals surface area contributed by atoms with Crippen molar-refractivity contribution in [2.24, 2.45) is 28.6 Å². The van der Waals surface area contributed by atoms with E-state index in [0.717, 1.165) is 18.4 Å². The van der Waals surface area contributed by atoms with Crippen LogP contribution in [0.3, 0.4) is 0 Å². The van der Waals surface area contributed by atoms with Crippen LogP contribution in [-0.2, 0) is 4.74 Å². The lowest BCUT2D eigenvalue weighted by atomic mass is 9.76. The van der Waals surface area contributed by atoms with Crippen LogP contribution in [-0.4, -0.2) is 13.7 Å². The smallest absolute Gasteiger partial charge is 0.0493 e. The standard InChI is InChI=1S/C19H40O/c1-15(12-18(3,4)5)10-11-17(14-20-9)16(2)13-19(6,7)8/h15-17H,10-14H2,1-9H3. The quantitative estimate of drug-likeness (QED) is 0.517. The van der Waals surface area contributed by atoms with E-state index in [0.29, 0.717) is 16.7 Å². The molecule has 20 heavy (non-hydrogen) atoms. The Balaban J connectivity index is 4.33. The van der Waals surface area contributed by atoms with Crippen LogP contribution >= 0.6 is 0 Å². The maximum atomic E-state index is 5.47. The molecule has 1 nitrogen and oxygen atoms in total. The van der Waals surface area contributed by atoms with Crippen molar-refractivity contribution >= 4 is 0 Å². The summed E-state index contributed by atoms with van der Waals surface area (Å²) in [5.74, 6) is 2.27. The molecule has 0 spiro atoms. The van der Waals surface area contributed by atoms with Crippen LogP contribution in [0.4, 0.5) is 0 Å². The van der Waals surface area contributed by atoms with Crippen LogP contribution in [0.2, 0.25) is 0 Å². The highest BCUT2D eigenvalue weighted by Gasteiger charge is 2.24. The van der Waals surface area contributed by atoms with Crippen LogP contribution in [0.1, 0.15) is 81.1 Å². The van der Waals surface area contributed by atoms with Gasteiger partial charge in [0.1, 0.15) is 0 Å². The molecular formula is C19H40O. The molecule has 1 heteroatoms. The average molecular weight is 285 g/mol. The van der Waals surface area contributed by atoms with Gasteiger partial charge in [0.05, 0.1) is 0 Å². The molecular weight excluding hydrogens is 244 g/mol. The Morgan fingerprint density at radius 1 is 0.800 bits per heavy atom. The summed E-state index contributed by atoms with van der Waals surface area (Å²) in [5.41, 5.74) is 0.871. The molecule has 0 fully saturated rings. The largest absolute Gasteiger partial charge is 0.384 e. The molecule has 0 saturated carbocycles. The van der Waals surface area contributed by atoms with Crippen molar-refractivity contribution < 1.29 is 4.74 Å². The maximum Gasteiger partial charge on any atom is 0.0493 e. The molecule has 3 unspecified atom stereocenters. The fraction of sp³-hybridized carbons (Fsp3) is 1.00. The van der Waals surface area contributed by atoms with Gasteiger partial charge in [0, 0.05) is 13.7 Å². The van der Waals surface area contributed by atoms with Crippen molar-refractivity contribution in [3.63, 3.8) is 0 Å². The predicted molar refractivity (Wildman–Crippen MR) is 91.1 cm³/mol. The summed E-state index contributed by atoms with van der Waals surface area (Å²) in [6, 6.07) is 0. The Morgan fingerprint density at radius 3 is 1.70 bits per heavy atom. The summed E-state index contributed by atoms with van der Waals surface area (Å²) >= 11 is 0. The van der Waals surface area contributed by atoms with Gasteiger partial charge in [0.25, 0.3) is 0 Å². The zero-order valence-electron chi connectivity index (χ0n) is 15.7. The Bertz CT molecular complexity index is 243. The van der Waals surface area contributed by atoms with Gasteiger partial charge in [-0.1, -0.05) is 61.8 Å². The SMILES string of the molecule is COCC(CCC(C)CC(C)(C)C)C(C)CC(C)(C)C. The molecule has 0 bridgehead atoms. The van der Waals surface area contributed by atoms with Gasteiger partial charge in [-0.2, -0.15) is 0 Å². The molecule has 0 heterocycles. The molecule has 0 aromatic rings. The first-order valence-corrected chi connectivity index (χ1v) is 8.43. The molecule has 0 rings (SSSR count). The van der Waals surface area contributed by atoms with Gasteiger partial charge < -0.3 is 4.74 Å². The van der Waals surface area contributed by atoms with Gasteiger partial charge in [-0.3, -0.25) is 0 Å².